The molecule has 1 heterocycles. The number of carboxylic acid groups (broad SMARTS) is 1. The van der Waals surface area contributed by atoms with Crippen molar-refractivity contribution in [3.63, 3.8) is 0 Å². The summed E-state index contributed by atoms with van der Waals surface area (Å²) < 4.78 is 1.88. The van der Waals surface area contributed by atoms with Gasteiger partial charge in [-0.05, 0) is 78.9 Å². The van der Waals surface area contributed by atoms with Gasteiger partial charge in [-0.1, -0.05) is 54.1 Å². The second-order valence-corrected chi connectivity index (χ2v) is 10.7. The largest absolute Gasteiger partial charge is 0.479 e. The van der Waals surface area contributed by atoms with Gasteiger partial charge in [0.15, 0.2) is 6.04 Å². The maximum atomic E-state index is 13.9. The standard InChI is InChI=1S/C29H28BrClN4O4/c1-33(2)15-8-16-34(27(36)21-11-6-7-12-23(21)30)25(29(38)39)26-32-24-17-20(31)13-14-22(24)28(37)35(26)18-19-9-4-3-5-10-19/h3-7,9-14,17,25H,8,15-16,18H2,1-2H3,(H,38,39). The molecule has 0 aliphatic carbocycles. The zero-order chi connectivity index (χ0) is 28.1. The first kappa shape index (κ1) is 28.5. The molecule has 0 saturated carbocycles. The second kappa shape index (κ2) is 12.5. The van der Waals surface area contributed by atoms with Crippen molar-refractivity contribution in [2.45, 2.75) is 19.0 Å². The molecule has 1 atom stereocenters. The monoisotopic (exact) mass is 610 g/mol. The fourth-order valence-electron chi connectivity index (χ4n) is 4.42. The summed E-state index contributed by atoms with van der Waals surface area (Å²) in [5.41, 5.74) is 0.953. The minimum absolute atomic E-state index is 0.0450. The Kier molecular flexibility index (Phi) is 9.16. The van der Waals surface area contributed by atoms with Crippen LogP contribution in [-0.2, 0) is 11.3 Å². The minimum Gasteiger partial charge on any atom is -0.479 e. The maximum Gasteiger partial charge on any atom is 0.334 e. The molecule has 8 nitrogen and oxygen atoms in total. The first-order valence-electron chi connectivity index (χ1n) is 12.3. The van der Waals surface area contributed by atoms with Gasteiger partial charge in [-0.15, -0.1) is 0 Å². The van der Waals surface area contributed by atoms with E-state index in [9.17, 15) is 19.5 Å². The van der Waals surface area contributed by atoms with Crippen LogP contribution in [0.5, 0.6) is 0 Å². The molecule has 202 valence electrons. The third kappa shape index (κ3) is 6.55. The van der Waals surface area contributed by atoms with Gasteiger partial charge in [0, 0.05) is 16.0 Å². The molecule has 0 bridgehead atoms. The number of rotatable bonds is 10. The fraction of sp³-hybridized carbons (Fsp3) is 0.241. The number of carbonyl (C=O) groups is 2. The minimum atomic E-state index is -1.54. The number of hydrogen-bond donors (Lipinski definition) is 1. The van der Waals surface area contributed by atoms with Gasteiger partial charge in [-0.3, -0.25) is 14.2 Å². The highest BCUT2D eigenvalue weighted by Crippen LogP contribution is 2.27. The van der Waals surface area contributed by atoms with Gasteiger partial charge in [0.25, 0.3) is 11.5 Å². The Balaban J connectivity index is 1.94. The zero-order valence-corrected chi connectivity index (χ0v) is 23.9. The predicted molar refractivity (Wildman–Crippen MR) is 155 cm³/mol. The molecule has 0 saturated heterocycles. The normalized spacial score (nSPS) is 12.0. The maximum absolute atomic E-state index is 13.9. The zero-order valence-electron chi connectivity index (χ0n) is 21.6. The van der Waals surface area contributed by atoms with Crippen LogP contribution in [0.4, 0.5) is 0 Å². The topological polar surface area (TPSA) is 95.7 Å². The van der Waals surface area contributed by atoms with Crippen molar-refractivity contribution >= 4 is 50.3 Å². The molecule has 0 radical (unpaired) electrons. The fourth-order valence-corrected chi connectivity index (χ4v) is 5.04. The lowest BCUT2D eigenvalue weighted by Crippen LogP contribution is -2.43. The van der Waals surface area contributed by atoms with E-state index in [1.54, 1.807) is 36.4 Å². The van der Waals surface area contributed by atoms with E-state index in [1.807, 2.05) is 49.3 Å². The summed E-state index contributed by atoms with van der Waals surface area (Å²) in [5, 5.41) is 11.2. The van der Waals surface area contributed by atoms with Crippen molar-refractivity contribution in [2.24, 2.45) is 0 Å². The number of carbonyl (C=O) groups excluding carboxylic acids is 1. The summed E-state index contributed by atoms with van der Waals surface area (Å²) in [4.78, 5) is 48.6. The van der Waals surface area contributed by atoms with Crippen LogP contribution in [0.2, 0.25) is 5.02 Å². The molecule has 0 fully saturated rings. The third-order valence-corrected chi connectivity index (χ3v) is 7.22. The molecule has 3 aromatic carbocycles. The molecule has 1 amide bonds. The Morgan fingerprint density at radius 2 is 1.72 bits per heavy atom. The molecule has 0 spiro atoms. The molecule has 1 N–H and O–H groups in total. The number of fused-ring (bicyclic) bond motifs is 1. The van der Waals surface area contributed by atoms with Gasteiger partial charge >= 0.3 is 5.97 Å². The molecule has 39 heavy (non-hydrogen) atoms. The van der Waals surface area contributed by atoms with E-state index in [-0.39, 0.29) is 24.4 Å². The Bertz CT molecular complexity index is 1560. The van der Waals surface area contributed by atoms with Crippen LogP contribution in [0.1, 0.15) is 34.2 Å². The van der Waals surface area contributed by atoms with Crippen LogP contribution < -0.4 is 5.56 Å². The number of hydrogen-bond acceptors (Lipinski definition) is 5. The van der Waals surface area contributed by atoms with Gasteiger partial charge in [0.05, 0.1) is 23.0 Å². The molecule has 0 aliphatic rings. The highest BCUT2D eigenvalue weighted by molar-refractivity contribution is 9.10. The van der Waals surface area contributed by atoms with Crippen LogP contribution >= 0.6 is 27.5 Å². The molecule has 4 rings (SSSR count). The van der Waals surface area contributed by atoms with Crippen LogP contribution in [0, 0.1) is 0 Å². The number of amides is 1. The molecule has 1 aromatic heterocycles. The van der Waals surface area contributed by atoms with Gasteiger partial charge in [-0.2, -0.15) is 0 Å². The smallest absolute Gasteiger partial charge is 0.334 e. The van der Waals surface area contributed by atoms with Crippen molar-refractivity contribution in [1.82, 2.24) is 19.4 Å². The SMILES string of the molecule is CN(C)CCCN(C(=O)c1ccccc1Br)C(C(=O)O)c1nc2cc(Cl)ccc2c(=O)n1Cc1ccccc1. The number of aliphatic carboxylic acids is 1. The van der Waals surface area contributed by atoms with Crippen molar-refractivity contribution in [3.05, 3.63) is 110 Å². The Hall–Kier alpha value is -3.53. The number of benzene rings is 3. The summed E-state index contributed by atoms with van der Waals surface area (Å²) in [7, 11) is 3.81. The van der Waals surface area contributed by atoms with Crippen LogP contribution in [0.15, 0.2) is 82.1 Å². The lowest BCUT2D eigenvalue weighted by atomic mass is 10.1. The molecular weight excluding hydrogens is 584 g/mol. The molecule has 0 aliphatic heterocycles. The predicted octanol–water partition coefficient (Wildman–Crippen LogP) is 5.08. The van der Waals surface area contributed by atoms with E-state index in [2.05, 4.69) is 20.9 Å². The quantitative estimate of drug-likeness (QED) is 0.269. The lowest BCUT2D eigenvalue weighted by molar-refractivity contribution is -0.143. The highest BCUT2D eigenvalue weighted by atomic mass is 79.9. The molecular formula is C29H28BrClN4O4. The van der Waals surface area contributed by atoms with Gasteiger partial charge in [0.2, 0.25) is 0 Å². The van der Waals surface area contributed by atoms with Crippen molar-refractivity contribution < 1.29 is 14.7 Å². The summed E-state index contributed by atoms with van der Waals surface area (Å²) >= 11 is 9.63. The Morgan fingerprint density at radius 3 is 2.38 bits per heavy atom. The Labute approximate surface area is 239 Å². The summed E-state index contributed by atoms with van der Waals surface area (Å²) in [5.74, 6) is -1.83. The number of nitrogens with zero attached hydrogens (tertiary/aromatic N) is 4. The van der Waals surface area contributed by atoms with Crippen molar-refractivity contribution in [3.8, 4) is 0 Å². The van der Waals surface area contributed by atoms with E-state index in [0.29, 0.717) is 33.4 Å². The van der Waals surface area contributed by atoms with E-state index in [4.69, 9.17) is 11.6 Å². The van der Waals surface area contributed by atoms with Crippen molar-refractivity contribution in [1.29, 1.82) is 0 Å². The number of carboxylic acids is 1. The van der Waals surface area contributed by atoms with E-state index in [0.717, 1.165) is 5.56 Å². The third-order valence-electron chi connectivity index (χ3n) is 6.29. The number of aromatic nitrogens is 2. The van der Waals surface area contributed by atoms with Crippen LogP contribution in [-0.4, -0.2) is 63.5 Å². The van der Waals surface area contributed by atoms with Gasteiger partial charge in [0.1, 0.15) is 5.82 Å². The average molecular weight is 612 g/mol. The molecule has 10 heteroatoms. The lowest BCUT2D eigenvalue weighted by Gasteiger charge is -2.31. The summed E-state index contributed by atoms with van der Waals surface area (Å²) in [6.07, 6.45) is 0.509. The number of halogens is 2. The Morgan fingerprint density at radius 1 is 1.03 bits per heavy atom. The van der Waals surface area contributed by atoms with Crippen LogP contribution in [0.25, 0.3) is 10.9 Å². The first-order chi connectivity index (χ1) is 18.7. The average Bonchev–Trinajstić information content (AvgIpc) is 2.90. The van der Waals surface area contributed by atoms with E-state index < -0.39 is 23.5 Å². The first-order valence-corrected chi connectivity index (χ1v) is 13.5. The van der Waals surface area contributed by atoms with E-state index >= 15 is 0 Å². The van der Waals surface area contributed by atoms with Crippen molar-refractivity contribution in [2.75, 3.05) is 27.2 Å². The molecule has 1 unspecified atom stereocenters. The second-order valence-electron chi connectivity index (χ2n) is 9.38. The van der Waals surface area contributed by atoms with Crippen LogP contribution in [0.3, 0.4) is 0 Å². The van der Waals surface area contributed by atoms with E-state index in [1.165, 1.54) is 15.5 Å². The van der Waals surface area contributed by atoms with Gasteiger partial charge in [-0.25, -0.2) is 9.78 Å². The summed E-state index contributed by atoms with van der Waals surface area (Å²) in [6.45, 7) is 0.840. The van der Waals surface area contributed by atoms with Gasteiger partial charge < -0.3 is 14.9 Å². The summed E-state index contributed by atoms with van der Waals surface area (Å²) in [6, 6.07) is 19.2. The molecule has 4 aromatic rings. The highest BCUT2D eigenvalue weighted by Gasteiger charge is 2.36.